The number of aliphatic hydroxyl groups excluding tert-OH is 3. The molecule has 4 nitrogen and oxygen atoms in total. The minimum absolute atomic E-state index is 0.0179. The smallest absolute Gasteiger partial charge is 0.0693 e. The zero-order valence-corrected chi connectivity index (χ0v) is 8.03. The summed E-state index contributed by atoms with van der Waals surface area (Å²) >= 11 is 0. The first kappa shape index (κ1) is 10.9. The fourth-order valence-electron chi connectivity index (χ4n) is 1.70. The molecule has 1 rings (SSSR count). The van der Waals surface area contributed by atoms with E-state index in [1.807, 2.05) is 0 Å². The highest BCUT2D eigenvalue weighted by Crippen LogP contribution is 2.21. The average molecular weight is 189 g/mol. The quantitative estimate of drug-likeness (QED) is 0.469. The molecule has 0 spiro atoms. The van der Waals surface area contributed by atoms with Gasteiger partial charge < -0.3 is 20.6 Å². The normalized spacial score (nSPS) is 29.5. The first-order valence-electron chi connectivity index (χ1n) is 4.79. The van der Waals surface area contributed by atoms with Crippen LogP contribution in [-0.4, -0.2) is 46.2 Å². The van der Waals surface area contributed by atoms with Crippen molar-refractivity contribution < 1.29 is 15.3 Å². The van der Waals surface area contributed by atoms with Crippen LogP contribution < -0.4 is 5.32 Å². The van der Waals surface area contributed by atoms with Gasteiger partial charge >= 0.3 is 0 Å². The Morgan fingerprint density at radius 1 is 1.31 bits per heavy atom. The molecular formula is C9H19NO3. The third-order valence-electron chi connectivity index (χ3n) is 2.71. The van der Waals surface area contributed by atoms with Crippen LogP contribution in [0.3, 0.4) is 0 Å². The lowest BCUT2D eigenvalue weighted by Gasteiger charge is -2.31. The highest BCUT2D eigenvalue weighted by atomic mass is 16.3. The molecule has 0 saturated heterocycles. The minimum atomic E-state index is -0.671. The molecule has 2 unspecified atom stereocenters. The van der Waals surface area contributed by atoms with Gasteiger partial charge in [0.2, 0.25) is 0 Å². The van der Waals surface area contributed by atoms with Crippen molar-refractivity contribution in [1.29, 1.82) is 0 Å². The van der Waals surface area contributed by atoms with Gasteiger partial charge in [0.05, 0.1) is 24.9 Å². The zero-order chi connectivity index (χ0) is 9.90. The predicted molar refractivity (Wildman–Crippen MR) is 49.4 cm³/mol. The third kappa shape index (κ3) is 2.64. The molecule has 4 N–H and O–H groups in total. The van der Waals surface area contributed by atoms with Crippen LogP contribution in [0.5, 0.6) is 0 Å². The van der Waals surface area contributed by atoms with Crippen LogP contribution in [0, 0.1) is 0 Å². The standard InChI is InChI=1S/C9H19NO3/c1-9(5-11,6-12)10-7-3-2-4-8(7)13/h7-8,10-13H,2-6H2,1H3. The Morgan fingerprint density at radius 2 is 1.92 bits per heavy atom. The van der Waals surface area contributed by atoms with Crippen LogP contribution in [-0.2, 0) is 0 Å². The van der Waals surface area contributed by atoms with E-state index in [1.165, 1.54) is 0 Å². The lowest BCUT2D eigenvalue weighted by Crippen LogP contribution is -2.55. The minimum Gasteiger partial charge on any atom is -0.394 e. The molecule has 4 heteroatoms. The zero-order valence-electron chi connectivity index (χ0n) is 8.03. The Kier molecular flexibility index (Phi) is 3.67. The molecule has 0 heterocycles. The number of rotatable bonds is 4. The first-order chi connectivity index (χ1) is 6.11. The van der Waals surface area contributed by atoms with Crippen LogP contribution >= 0.6 is 0 Å². The number of hydrogen-bond acceptors (Lipinski definition) is 4. The number of hydrogen-bond donors (Lipinski definition) is 4. The van der Waals surface area contributed by atoms with Gasteiger partial charge in [0.25, 0.3) is 0 Å². The summed E-state index contributed by atoms with van der Waals surface area (Å²) in [5, 5.41) is 30.7. The van der Waals surface area contributed by atoms with Crippen molar-refractivity contribution in [3.8, 4) is 0 Å². The third-order valence-corrected chi connectivity index (χ3v) is 2.71. The second kappa shape index (κ2) is 4.37. The second-order valence-electron chi connectivity index (χ2n) is 4.13. The Bertz CT molecular complexity index is 159. The van der Waals surface area contributed by atoms with Crippen LogP contribution in [0.15, 0.2) is 0 Å². The Morgan fingerprint density at radius 3 is 2.31 bits per heavy atom. The Labute approximate surface area is 78.6 Å². The van der Waals surface area contributed by atoms with Gasteiger partial charge in [-0.05, 0) is 26.2 Å². The van der Waals surface area contributed by atoms with Gasteiger partial charge in [-0.25, -0.2) is 0 Å². The average Bonchev–Trinajstić information content (AvgIpc) is 2.52. The Hall–Kier alpha value is -0.160. The van der Waals surface area contributed by atoms with Gasteiger partial charge in [-0.2, -0.15) is 0 Å². The molecule has 13 heavy (non-hydrogen) atoms. The van der Waals surface area contributed by atoms with Crippen molar-refractivity contribution in [2.45, 2.75) is 43.9 Å². The van der Waals surface area contributed by atoms with Crippen LogP contribution in [0.1, 0.15) is 26.2 Å². The maximum absolute atomic E-state index is 9.52. The summed E-state index contributed by atoms with van der Waals surface area (Å²) in [6.45, 7) is 1.51. The van der Waals surface area contributed by atoms with E-state index in [1.54, 1.807) is 6.92 Å². The molecule has 2 atom stereocenters. The number of nitrogens with one attached hydrogen (secondary N) is 1. The summed E-state index contributed by atoms with van der Waals surface area (Å²) in [5.41, 5.74) is -0.671. The van der Waals surface area contributed by atoms with Crippen molar-refractivity contribution in [1.82, 2.24) is 5.32 Å². The van der Waals surface area contributed by atoms with E-state index in [9.17, 15) is 5.11 Å². The SMILES string of the molecule is CC(CO)(CO)NC1CCCC1O. The largest absolute Gasteiger partial charge is 0.394 e. The van der Waals surface area contributed by atoms with Gasteiger partial charge in [0.1, 0.15) is 0 Å². The summed E-state index contributed by atoms with van der Waals surface area (Å²) in [6, 6.07) is 0.0179. The lowest BCUT2D eigenvalue weighted by atomic mass is 10.0. The summed E-state index contributed by atoms with van der Waals surface area (Å²) in [4.78, 5) is 0. The van der Waals surface area contributed by atoms with Gasteiger partial charge in [-0.3, -0.25) is 0 Å². The van der Waals surface area contributed by atoms with Gasteiger partial charge in [-0.1, -0.05) is 0 Å². The van der Waals surface area contributed by atoms with Crippen molar-refractivity contribution in [2.75, 3.05) is 13.2 Å². The van der Waals surface area contributed by atoms with Crippen LogP contribution in [0.4, 0.5) is 0 Å². The fraction of sp³-hybridized carbons (Fsp3) is 1.00. The molecule has 0 aliphatic heterocycles. The molecule has 0 aromatic rings. The van der Waals surface area contributed by atoms with Crippen molar-refractivity contribution >= 4 is 0 Å². The molecule has 0 bridgehead atoms. The topological polar surface area (TPSA) is 72.7 Å². The van der Waals surface area contributed by atoms with Gasteiger partial charge in [0.15, 0.2) is 0 Å². The predicted octanol–water partition coefficient (Wildman–Crippen LogP) is -0.767. The maximum Gasteiger partial charge on any atom is 0.0693 e. The molecule has 1 aliphatic carbocycles. The molecule has 0 radical (unpaired) electrons. The van der Waals surface area contributed by atoms with Crippen molar-refractivity contribution in [3.63, 3.8) is 0 Å². The molecule has 0 aromatic heterocycles. The van der Waals surface area contributed by atoms with E-state index in [0.717, 1.165) is 19.3 Å². The summed E-state index contributed by atoms with van der Waals surface area (Å²) in [7, 11) is 0. The van der Waals surface area contributed by atoms with Crippen LogP contribution in [0.25, 0.3) is 0 Å². The fourth-order valence-corrected chi connectivity index (χ4v) is 1.70. The lowest BCUT2D eigenvalue weighted by molar-refractivity contribution is 0.0671. The molecule has 1 saturated carbocycles. The molecular weight excluding hydrogens is 170 g/mol. The number of aliphatic hydroxyl groups is 3. The van der Waals surface area contributed by atoms with Gasteiger partial charge in [0, 0.05) is 6.04 Å². The summed E-state index contributed by atoms with van der Waals surface area (Å²) in [6.07, 6.45) is 2.39. The van der Waals surface area contributed by atoms with E-state index in [-0.39, 0.29) is 25.4 Å². The molecule has 0 aromatic carbocycles. The van der Waals surface area contributed by atoms with E-state index < -0.39 is 5.54 Å². The van der Waals surface area contributed by atoms with Crippen LogP contribution in [0.2, 0.25) is 0 Å². The van der Waals surface area contributed by atoms with Crippen molar-refractivity contribution in [3.05, 3.63) is 0 Å². The Balaban J connectivity index is 2.45. The highest BCUT2D eigenvalue weighted by Gasteiger charge is 2.32. The summed E-state index contributed by atoms with van der Waals surface area (Å²) < 4.78 is 0. The van der Waals surface area contributed by atoms with Crippen molar-refractivity contribution in [2.24, 2.45) is 0 Å². The summed E-state index contributed by atoms with van der Waals surface area (Å²) in [5.74, 6) is 0. The maximum atomic E-state index is 9.52. The first-order valence-corrected chi connectivity index (χ1v) is 4.79. The van der Waals surface area contributed by atoms with E-state index >= 15 is 0 Å². The molecule has 1 aliphatic rings. The molecule has 0 amide bonds. The van der Waals surface area contributed by atoms with Gasteiger partial charge in [-0.15, -0.1) is 0 Å². The monoisotopic (exact) mass is 189 g/mol. The van der Waals surface area contributed by atoms with E-state index in [0.29, 0.717) is 0 Å². The highest BCUT2D eigenvalue weighted by molar-refractivity contribution is 4.91. The molecule has 78 valence electrons. The van der Waals surface area contributed by atoms with E-state index in [4.69, 9.17) is 10.2 Å². The second-order valence-corrected chi connectivity index (χ2v) is 4.13. The molecule has 1 fully saturated rings. The van der Waals surface area contributed by atoms with E-state index in [2.05, 4.69) is 5.32 Å².